The summed E-state index contributed by atoms with van der Waals surface area (Å²) < 4.78 is 27.1. The van der Waals surface area contributed by atoms with Gasteiger partial charge in [0.1, 0.15) is 0 Å². The molecule has 1 saturated carbocycles. The minimum Gasteiger partial charge on any atom is -0.340 e. The van der Waals surface area contributed by atoms with Gasteiger partial charge in [-0.05, 0) is 44.0 Å². The first-order valence-electron chi connectivity index (χ1n) is 10.0. The average molecular weight is 408 g/mol. The van der Waals surface area contributed by atoms with Crippen molar-refractivity contribution in [1.29, 1.82) is 0 Å². The van der Waals surface area contributed by atoms with Crippen LogP contribution in [0.25, 0.3) is 0 Å². The molecule has 1 aliphatic heterocycles. The number of benzene rings is 1. The second kappa shape index (κ2) is 8.61. The molecule has 2 aliphatic rings. The van der Waals surface area contributed by atoms with Gasteiger partial charge in [0, 0.05) is 51.3 Å². The predicted octanol–water partition coefficient (Wildman–Crippen LogP) is 1.94. The van der Waals surface area contributed by atoms with Crippen LogP contribution in [0.2, 0.25) is 0 Å². The van der Waals surface area contributed by atoms with Crippen LogP contribution in [0.1, 0.15) is 49.9 Å². The molecule has 28 heavy (non-hydrogen) atoms. The van der Waals surface area contributed by atoms with Crippen molar-refractivity contribution in [1.82, 2.24) is 14.1 Å². The molecule has 0 aromatic heterocycles. The highest BCUT2D eigenvalue weighted by atomic mass is 32.2. The zero-order valence-electron chi connectivity index (χ0n) is 16.6. The highest BCUT2D eigenvalue weighted by Crippen LogP contribution is 2.25. The first kappa shape index (κ1) is 20.8. The summed E-state index contributed by atoms with van der Waals surface area (Å²) in [5, 5.41) is 0. The van der Waals surface area contributed by atoms with Crippen molar-refractivity contribution in [2.75, 3.05) is 32.7 Å². The number of carbonyl (C=O) groups excluding carboxylic acids is 2. The van der Waals surface area contributed by atoms with E-state index >= 15 is 0 Å². The molecule has 0 N–H and O–H groups in total. The third-order valence-electron chi connectivity index (χ3n) is 5.79. The largest absolute Gasteiger partial charge is 0.340 e. The fourth-order valence-electron chi connectivity index (χ4n) is 4.11. The Morgan fingerprint density at radius 3 is 2.11 bits per heavy atom. The van der Waals surface area contributed by atoms with Gasteiger partial charge in [-0.2, -0.15) is 4.31 Å². The van der Waals surface area contributed by atoms with Crippen LogP contribution >= 0.6 is 0 Å². The topological polar surface area (TPSA) is 78.0 Å². The summed E-state index contributed by atoms with van der Waals surface area (Å²) in [6.07, 6.45) is 4.39. The number of carbonyl (C=O) groups is 2. The van der Waals surface area contributed by atoms with Gasteiger partial charge in [0.15, 0.2) is 0 Å². The summed E-state index contributed by atoms with van der Waals surface area (Å²) in [4.78, 5) is 28.0. The van der Waals surface area contributed by atoms with Crippen molar-refractivity contribution in [3.05, 3.63) is 29.8 Å². The number of rotatable bonds is 5. The van der Waals surface area contributed by atoms with E-state index in [9.17, 15) is 18.0 Å². The lowest BCUT2D eigenvalue weighted by Crippen LogP contribution is -2.49. The van der Waals surface area contributed by atoms with Gasteiger partial charge in [0.25, 0.3) is 5.91 Å². The molecule has 154 valence electrons. The van der Waals surface area contributed by atoms with Crippen LogP contribution in [0.4, 0.5) is 0 Å². The maximum absolute atomic E-state index is 12.9. The lowest BCUT2D eigenvalue weighted by atomic mass is 10.1. The van der Waals surface area contributed by atoms with Gasteiger partial charge in [0.05, 0.1) is 4.90 Å². The quantitative estimate of drug-likeness (QED) is 0.747. The van der Waals surface area contributed by atoms with Crippen molar-refractivity contribution in [3.8, 4) is 0 Å². The highest BCUT2D eigenvalue weighted by Gasteiger charge is 2.30. The molecule has 2 fully saturated rings. The molecule has 0 spiro atoms. The van der Waals surface area contributed by atoms with Crippen LogP contribution in [0, 0.1) is 0 Å². The molecular formula is C20H29N3O4S. The van der Waals surface area contributed by atoms with Crippen molar-refractivity contribution >= 4 is 21.8 Å². The van der Waals surface area contributed by atoms with Gasteiger partial charge in [-0.3, -0.25) is 9.59 Å². The fourth-order valence-corrected chi connectivity index (χ4v) is 5.53. The van der Waals surface area contributed by atoms with Gasteiger partial charge >= 0.3 is 0 Å². The van der Waals surface area contributed by atoms with Gasteiger partial charge in [-0.15, -0.1) is 0 Å². The van der Waals surface area contributed by atoms with E-state index in [1.165, 1.54) is 23.4 Å². The molecule has 7 nitrogen and oxygen atoms in total. The summed E-state index contributed by atoms with van der Waals surface area (Å²) in [7, 11) is -3.62. The van der Waals surface area contributed by atoms with E-state index in [-0.39, 0.29) is 29.8 Å². The minimum atomic E-state index is -3.62. The standard InChI is InChI=1S/C20H29N3O4S/c1-3-23(18-6-4-5-7-18)20(25)17-8-10-19(11-9-17)28(26,27)22-14-12-21(13-15-22)16(2)24/h8-11,18H,3-7,12-15H2,1-2H3. The minimum absolute atomic E-state index is 0.0339. The molecule has 0 atom stereocenters. The zero-order valence-corrected chi connectivity index (χ0v) is 17.5. The van der Waals surface area contributed by atoms with Gasteiger partial charge < -0.3 is 9.80 Å². The second-order valence-corrected chi connectivity index (χ2v) is 9.40. The van der Waals surface area contributed by atoms with Gasteiger partial charge in [-0.1, -0.05) is 12.8 Å². The number of amides is 2. The van der Waals surface area contributed by atoms with E-state index in [0.29, 0.717) is 31.2 Å². The highest BCUT2D eigenvalue weighted by molar-refractivity contribution is 7.89. The Kier molecular flexibility index (Phi) is 6.40. The molecule has 0 unspecified atom stereocenters. The lowest BCUT2D eigenvalue weighted by molar-refractivity contribution is -0.129. The molecule has 0 bridgehead atoms. The third kappa shape index (κ3) is 4.22. The van der Waals surface area contributed by atoms with Crippen molar-refractivity contribution < 1.29 is 18.0 Å². The molecule has 1 aliphatic carbocycles. The molecule has 0 radical (unpaired) electrons. The summed E-state index contributed by atoms with van der Waals surface area (Å²) in [5.41, 5.74) is 0.522. The van der Waals surface area contributed by atoms with Crippen molar-refractivity contribution in [3.63, 3.8) is 0 Å². The van der Waals surface area contributed by atoms with E-state index in [2.05, 4.69) is 0 Å². The Balaban J connectivity index is 1.71. The van der Waals surface area contributed by atoms with Crippen LogP contribution in [-0.4, -0.2) is 73.1 Å². The van der Waals surface area contributed by atoms with Gasteiger partial charge in [-0.25, -0.2) is 8.42 Å². The zero-order chi connectivity index (χ0) is 20.3. The predicted molar refractivity (Wildman–Crippen MR) is 106 cm³/mol. The maximum Gasteiger partial charge on any atom is 0.254 e. The van der Waals surface area contributed by atoms with E-state index in [4.69, 9.17) is 0 Å². The fraction of sp³-hybridized carbons (Fsp3) is 0.600. The number of hydrogen-bond donors (Lipinski definition) is 0. The molecule has 1 saturated heterocycles. The first-order valence-corrected chi connectivity index (χ1v) is 11.4. The maximum atomic E-state index is 12.9. The lowest BCUT2D eigenvalue weighted by Gasteiger charge is -2.33. The Hall–Kier alpha value is -1.93. The number of nitrogens with zero attached hydrogens (tertiary/aromatic N) is 3. The molecule has 2 amide bonds. The molecule has 1 heterocycles. The Labute approximate surface area is 167 Å². The average Bonchev–Trinajstić information content (AvgIpc) is 3.23. The normalized spacial score (nSPS) is 19.0. The van der Waals surface area contributed by atoms with Crippen LogP contribution in [0.3, 0.4) is 0 Å². The van der Waals surface area contributed by atoms with Crippen LogP contribution in [-0.2, 0) is 14.8 Å². The van der Waals surface area contributed by atoms with E-state index in [1.54, 1.807) is 17.0 Å². The molecule has 1 aromatic carbocycles. The number of sulfonamides is 1. The second-order valence-electron chi connectivity index (χ2n) is 7.46. The smallest absolute Gasteiger partial charge is 0.254 e. The molecular weight excluding hydrogens is 378 g/mol. The van der Waals surface area contributed by atoms with Crippen molar-refractivity contribution in [2.24, 2.45) is 0 Å². The Morgan fingerprint density at radius 2 is 1.61 bits per heavy atom. The van der Waals surface area contributed by atoms with Crippen LogP contribution in [0.5, 0.6) is 0 Å². The molecule has 8 heteroatoms. The van der Waals surface area contributed by atoms with Gasteiger partial charge in [0.2, 0.25) is 15.9 Å². The monoisotopic (exact) mass is 407 g/mol. The Morgan fingerprint density at radius 1 is 1.04 bits per heavy atom. The van der Waals surface area contributed by atoms with E-state index < -0.39 is 10.0 Å². The third-order valence-corrected chi connectivity index (χ3v) is 7.70. The summed E-state index contributed by atoms with van der Waals surface area (Å²) in [6, 6.07) is 6.54. The number of hydrogen-bond acceptors (Lipinski definition) is 4. The number of piperazine rings is 1. The summed E-state index contributed by atoms with van der Waals surface area (Å²) >= 11 is 0. The Bertz CT molecular complexity index is 808. The SMILES string of the molecule is CCN(C(=O)c1ccc(S(=O)(=O)N2CCN(C(C)=O)CC2)cc1)C1CCCC1. The van der Waals surface area contributed by atoms with Crippen molar-refractivity contribution in [2.45, 2.75) is 50.5 Å². The van der Waals surface area contributed by atoms with E-state index in [1.807, 2.05) is 11.8 Å². The van der Waals surface area contributed by atoms with Crippen LogP contribution in [0.15, 0.2) is 29.2 Å². The van der Waals surface area contributed by atoms with E-state index in [0.717, 1.165) is 25.7 Å². The molecule has 1 aromatic rings. The summed E-state index contributed by atoms with van der Waals surface area (Å²) in [6.45, 7) is 5.50. The summed E-state index contributed by atoms with van der Waals surface area (Å²) in [5.74, 6) is -0.0731. The molecule has 3 rings (SSSR count). The first-order chi connectivity index (χ1) is 13.3. The van der Waals surface area contributed by atoms with Crippen LogP contribution < -0.4 is 0 Å².